The van der Waals surface area contributed by atoms with Crippen LogP contribution in [0.25, 0.3) is 0 Å². The Hall–Kier alpha value is -2.02. The first-order chi connectivity index (χ1) is 9.88. The second-order valence-electron chi connectivity index (χ2n) is 4.13. The van der Waals surface area contributed by atoms with E-state index in [1.54, 1.807) is 24.3 Å². The van der Waals surface area contributed by atoms with E-state index in [4.69, 9.17) is 5.11 Å². The maximum atomic E-state index is 12.6. The van der Waals surface area contributed by atoms with Gasteiger partial charge in [-0.25, -0.2) is 9.78 Å². The number of aromatic nitrogens is 1. The number of hydrogen-bond donors (Lipinski definition) is 1. The molecule has 1 heterocycles. The van der Waals surface area contributed by atoms with Crippen LogP contribution in [0.1, 0.15) is 21.6 Å². The van der Waals surface area contributed by atoms with Crippen molar-refractivity contribution in [2.24, 2.45) is 0 Å². The summed E-state index contributed by atoms with van der Waals surface area (Å²) < 4.78 is 37.9. The highest BCUT2D eigenvalue weighted by atomic mass is 32.2. The second-order valence-corrected chi connectivity index (χ2v) is 5.09. The smallest absolute Gasteiger partial charge is 0.433 e. The lowest BCUT2D eigenvalue weighted by atomic mass is 10.2. The summed E-state index contributed by atoms with van der Waals surface area (Å²) in [6.45, 7) is 0. The fraction of sp³-hybridized carbons (Fsp3) is 0.143. The summed E-state index contributed by atoms with van der Waals surface area (Å²) in [5, 5.41) is 8.88. The average Bonchev–Trinajstić information content (AvgIpc) is 2.45. The van der Waals surface area contributed by atoms with Crippen LogP contribution in [0.15, 0.2) is 47.5 Å². The van der Waals surface area contributed by atoms with Crippen molar-refractivity contribution in [1.82, 2.24) is 4.98 Å². The number of benzene rings is 1. The van der Waals surface area contributed by atoms with Crippen LogP contribution in [0, 0.1) is 0 Å². The summed E-state index contributed by atoms with van der Waals surface area (Å²) in [6, 6.07) is 10.6. The summed E-state index contributed by atoms with van der Waals surface area (Å²) >= 11 is 0.967. The van der Waals surface area contributed by atoms with Gasteiger partial charge in [0.05, 0.1) is 5.56 Å². The number of thioether (sulfide) groups is 1. The number of carboxylic acids is 1. The van der Waals surface area contributed by atoms with E-state index in [0.717, 1.165) is 23.4 Å². The van der Waals surface area contributed by atoms with Crippen LogP contribution < -0.4 is 0 Å². The zero-order valence-electron chi connectivity index (χ0n) is 10.6. The molecule has 0 unspecified atom stereocenters. The van der Waals surface area contributed by atoms with Gasteiger partial charge in [-0.05, 0) is 17.7 Å². The molecule has 0 atom stereocenters. The largest absolute Gasteiger partial charge is 0.478 e. The Labute approximate surface area is 122 Å². The molecule has 0 aliphatic heterocycles. The third kappa shape index (κ3) is 3.98. The molecule has 3 nitrogen and oxygen atoms in total. The zero-order chi connectivity index (χ0) is 15.5. The van der Waals surface area contributed by atoms with Crippen LogP contribution in [0.5, 0.6) is 0 Å². The molecule has 0 spiro atoms. The van der Waals surface area contributed by atoms with Gasteiger partial charge < -0.3 is 5.11 Å². The van der Waals surface area contributed by atoms with Gasteiger partial charge in [0.1, 0.15) is 10.7 Å². The summed E-state index contributed by atoms with van der Waals surface area (Å²) in [5.74, 6) is -0.957. The number of carbonyl (C=O) groups is 1. The van der Waals surface area contributed by atoms with E-state index in [2.05, 4.69) is 4.98 Å². The number of nitrogens with zero attached hydrogens (tertiary/aromatic N) is 1. The fourth-order valence-electron chi connectivity index (χ4n) is 1.60. The van der Waals surface area contributed by atoms with Crippen LogP contribution in [-0.2, 0) is 11.9 Å². The first-order valence-electron chi connectivity index (χ1n) is 5.86. The highest BCUT2D eigenvalue weighted by Gasteiger charge is 2.33. The molecule has 1 aromatic heterocycles. The molecule has 0 fully saturated rings. The molecule has 2 rings (SSSR count). The van der Waals surface area contributed by atoms with Gasteiger partial charge in [-0.1, -0.05) is 30.3 Å². The van der Waals surface area contributed by atoms with Crippen LogP contribution in [0.2, 0.25) is 0 Å². The van der Waals surface area contributed by atoms with E-state index >= 15 is 0 Å². The van der Waals surface area contributed by atoms with Crippen molar-refractivity contribution in [3.63, 3.8) is 0 Å². The summed E-state index contributed by atoms with van der Waals surface area (Å²) in [7, 11) is 0. The topological polar surface area (TPSA) is 50.2 Å². The molecular weight excluding hydrogens is 303 g/mol. The molecule has 1 N–H and O–H groups in total. The lowest BCUT2D eigenvalue weighted by molar-refractivity contribution is -0.141. The van der Waals surface area contributed by atoms with Gasteiger partial charge in [-0.2, -0.15) is 13.2 Å². The molecule has 0 saturated heterocycles. The van der Waals surface area contributed by atoms with Crippen molar-refractivity contribution in [3.05, 3.63) is 59.3 Å². The van der Waals surface area contributed by atoms with E-state index in [1.165, 1.54) is 0 Å². The first-order valence-corrected chi connectivity index (χ1v) is 6.85. The van der Waals surface area contributed by atoms with Crippen molar-refractivity contribution in [3.8, 4) is 0 Å². The predicted octanol–water partition coefficient (Wildman–Crippen LogP) is 4.09. The molecule has 2 aromatic rings. The van der Waals surface area contributed by atoms with Gasteiger partial charge >= 0.3 is 12.1 Å². The molecule has 0 amide bonds. The lowest BCUT2D eigenvalue weighted by Gasteiger charge is -2.10. The van der Waals surface area contributed by atoms with Crippen LogP contribution in [0.4, 0.5) is 13.2 Å². The number of hydrogen-bond acceptors (Lipinski definition) is 3. The normalized spacial score (nSPS) is 11.4. The Balaban J connectivity index is 2.29. The van der Waals surface area contributed by atoms with Gasteiger partial charge in [0.15, 0.2) is 0 Å². The van der Waals surface area contributed by atoms with E-state index in [0.29, 0.717) is 11.8 Å². The number of rotatable bonds is 4. The Morgan fingerprint density at radius 1 is 1.14 bits per heavy atom. The van der Waals surface area contributed by atoms with Crippen molar-refractivity contribution < 1.29 is 23.1 Å². The minimum absolute atomic E-state index is 0.138. The van der Waals surface area contributed by atoms with Gasteiger partial charge in [-0.3, -0.25) is 0 Å². The van der Waals surface area contributed by atoms with Crippen molar-refractivity contribution in [1.29, 1.82) is 0 Å². The van der Waals surface area contributed by atoms with Gasteiger partial charge in [0.25, 0.3) is 0 Å². The van der Waals surface area contributed by atoms with Gasteiger partial charge in [0, 0.05) is 5.75 Å². The predicted molar refractivity (Wildman–Crippen MR) is 72.2 cm³/mol. The number of carboxylic acid groups (broad SMARTS) is 1. The molecule has 21 heavy (non-hydrogen) atoms. The Kier molecular flexibility index (Phi) is 4.52. The van der Waals surface area contributed by atoms with E-state index in [-0.39, 0.29) is 10.6 Å². The molecule has 110 valence electrons. The molecular formula is C14H10F3NO2S. The Bertz CT molecular complexity index is 644. The van der Waals surface area contributed by atoms with Crippen molar-refractivity contribution >= 4 is 17.7 Å². The fourth-order valence-corrected chi connectivity index (χ4v) is 2.57. The zero-order valence-corrected chi connectivity index (χ0v) is 11.4. The third-order valence-electron chi connectivity index (χ3n) is 2.60. The number of halogens is 3. The van der Waals surface area contributed by atoms with Gasteiger partial charge in [-0.15, -0.1) is 11.8 Å². The molecule has 1 aromatic carbocycles. The Morgan fingerprint density at radius 3 is 2.38 bits per heavy atom. The SMILES string of the molecule is O=C(O)c1ccc(C(F)(F)F)nc1SCc1ccccc1. The van der Waals surface area contributed by atoms with E-state index < -0.39 is 17.8 Å². The standard InChI is InChI=1S/C14H10F3NO2S/c15-14(16,17)11-7-6-10(13(19)20)12(18-11)21-8-9-4-2-1-3-5-9/h1-7H,8H2,(H,19,20). The maximum Gasteiger partial charge on any atom is 0.433 e. The average molecular weight is 313 g/mol. The second kappa shape index (κ2) is 6.17. The minimum atomic E-state index is -4.60. The number of aromatic carboxylic acids is 1. The quantitative estimate of drug-likeness (QED) is 0.864. The summed E-state index contributed by atoms with van der Waals surface area (Å²) in [4.78, 5) is 14.5. The summed E-state index contributed by atoms with van der Waals surface area (Å²) in [6.07, 6.45) is -4.60. The highest BCUT2D eigenvalue weighted by molar-refractivity contribution is 7.98. The van der Waals surface area contributed by atoms with Crippen molar-refractivity contribution in [2.45, 2.75) is 17.0 Å². The minimum Gasteiger partial charge on any atom is -0.478 e. The molecule has 7 heteroatoms. The number of alkyl halides is 3. The van der Waals surface area contributed by atoms with Crippen LogP contribution in [0.3, 0.4) is 0 Å². The van der Waals surface area contributed by atoms with E-state index in [1.807, 2.05) is 6.07 Å². The molecule has 0 aliphatic rings. The number of pyridine rings is 1. The third-order valence-corrected chi connectivity index (χ3v) is 3.66. The Morgan fingerprint density at radius 2 is 1.81 bits per heavy atom. The molecule has 0 radical (unpaired) electrons. The molecule has 0 saturated carbocycles. The van der Waals surface area contributed by atoms with Gasteiger partial charge in [0.2, 0.25) is 0 Å². The monoisotopic (exact) mass is 313 g/mol. The lowest BCUT2D eigenvalue weighted by Crippen LogP contribution is -2.11. The van der Waals surface area contributed by atoms with Crippen LogP contribution >= 0.6 is 11.8 Å². The van der Waals surface area contributed by atoms with Crippen LogP contribution in [-0.4, -0.2) is 16.1 Å². The summed E-state index contributed by atoms with van der Waals surface area (Å²) in [5.41, 5.74) is -0.454. The first kappa shape index (κ1) is 15.4. The van der Waals surface area contributed by atoms with Crippen molar-refractivity contribution in [2.75, 3.05) is 0 Å². The maximum absolute atomic E-state index is 12.6. The molecule has 0 aliphatic carbocycles. The van der Waals surface area contributed by atoms with E-state index in [9.17, 15) is 18.0 Å². The highest BCUT2D eigenvalue weighted by Crippen LogP contribution is 2.32. The molecule has 0 bridgehead atoms.